The van der Waals surface area contributed by atoms with Crippen LogP contribution in [-0.4, -0.2) is 33.4 Å². The van der Waals surface area contributed by atoms with Gasteiger partial charge in [0.1, 0.15) is 5.56 Å². The van der Waals surface area contributed by atoms with Crippen LogP contribution in [0.25, 0.3) is 5.69 Å². The number of benzene rings is 1. The Balaban J connectivity index is 2.29. The van der Waals surface area contributed by atoms with Gasteiger partial charge in [0.05, 0.1) is 17.9 Å². The number of carbonyl (C=O) groups excluding carboxylic acids is 2. The number of fused-ring (bicyclic) bond motifs is 1. The van der Waals surface area contributed by atoms with E-state index in [1.54, 1.807) is 6.92 Å². The lowest BCUT2D eigenvalue weighted by atomic mass is 10.1. The first kappa shape index (κ1) is 16.2. The average Bonchev–Trinajstić information content (AvgIpc) is 2.84. The molecule has 0 aliphatic carbocycles. The van der Waals surface area contributed by atoms with Gasteiger partial charge in [-0.05, 0) is 31.2 Å². The standard InChI is InChI=1S/C15H12ClN3O5/c1-2-24-15(23)11-9-10(13(21)17-12(9)20)14(22)19(18-11)8-5-3-7(16)4-6-8/h3-6,12,20H,2H2,1H3,(H,17,21). The molecule has 1 aromatic heterocycles. The van der Waals surface area contributed by atoms with Crippen LogP contribution in [0.15, 0.2) is 29.1 Å². The summed E-state index contributed by atoms with van der Waals surface area (Å²) in [7, 11) is 0. The van der Waals surface area contributed by atoms with Crippen LogP contribution in [0.2, 0.25) is 5.02 Å². The van der Waals surface area contributed by atoms with Gasteiger partial charge in [-0.3, -0.25) is 9.59 Å². The van der Waals surface area contributed by atoms with Crippen molar-refractivity contribution in [2.45, 2.75) is 13.2 Å². The van der Waals surface area contributed by atoms with Gasteiger partial charge in [-0.15, -0.1) is 0 Å². The Labute approximate surface area is 140 Å². The van der Waals surface area contributed by atoms with Crippen molar-refractivity contribution in [3.8, 4) is 5.69 Å². The van der Waals surface area contributed by atoms with Gasteiger partial charge in [-0.25, -0.2) is 4.79 Å². The van der Waals surface area contributed by atoms with Crippen LogP contribution >= 0.6 is 11.6 Å². The van der Waals surface area contributed by atoms with Crippen molar-refractivity contribution in [2.75, 3.05) is 6.61 Å². The van der Waals surface area contributed by atoms with Crippen molar-refractivity contribution < 1.29 is 19.4 Å². The number of aliphatic hydroxyl groups excluding tert-OH is 1. The van der Waals surface area contributed by atoms with Gasteiger partial charge in [-0.2, -0.15) is 9.78 Å². The van der Waals surface area contributed by atoms with E-state index in [1.165, 1.54) is 24.3 Å². The van der Waals surface area contributed by atoms with Crippen LogP contribution < -0.4 is 10.9 Å². The second-order valence-electron chi connectivity index (χ2n) is 4.93. The van der Waals surface area contributed by atoms with E-state index in [0.717, 1.165) is 4.68 Å². The first-order chi connectivity index (χ1) is 11.4. The van der Waals surface area contributed by atoms with Crippen LogP contribution in [0.4, 0.5) is 0 Å². The molecular weight excluding hydrogens is 338 g/mol. The van der Waals surface area contributed by atoms with E-state index >= 15 is 0 Å². The number of esters is 1. The lowest BCUT2D eigenvalue weighted by molar-refractivity contribution is 0.0506. The number of carbonyl (C=O) groups is 2. The summed E-state index contributed by atoms with van der Waals surface area (Å²) in [6, 6.07) is 6.11. The quantitative estimate of drug-likeness (QED) is 0.793. The summed E-state index contributed by atoms with van der Waals surface area (Å²) in [4.78, 5) is 36.7. The van der Waals surface area contributed by atoms with Gasteiger partial charge in [0, 0.05) is 5.02 Å². The Morgan fingerprint density at radius 3 is 2.67 bits per heavy atom. The van der Waals surface area contributed by atoms with Crippen molar-refractivity contribution in [1.82, 2.24) is 15.1 Å². The van der Waals surface area contributed by atoms with Gasteiger partial charge < -0.3 is 15.2 Å². The maximum atomic E-state index is 12.6. The average molecular weight is 350 g/mol. The third-order valence-corrected chi connectivity index (χ3v) is 3.69. The summed E-state index contributed by atoms with van der Waals surface area (Å²) in [6.45, 7) is 1.68. The number of hydrogen-bond donors (Lipinski definition) is 2. The summed E-state index contributed by atoms with van der Waals surface area (Å²) in [5.74, 6) is -1.62. The van der Waals surface area contributed by atoms with Crippen molar-refractivity contribution in [2.24, 2.45) is 0 Å². The molecule has 2 N–H and O–H groups in total. The largest absolute Gasteiger partial charge is 0.461 e. The van der Waals surface area contributed by atoms with E-state index in [2.05, 4.69) is 10.4 Å². The van der Waals surface area contributed by atoms with Crippen molar-refractivity contribution in [3.63, 3.8) is 0 Å². The first-order valence-corrected chi connectivity index (χ1v) is 7.41. The number of hydrogen-bond acceptors (Lipinski definition) is 6. The summed E-state index contributed by atoms with van der Waals surface area (Å²) in [5.41, 5.74) is -1.25. The van der Waals surface area contributed by atoms with Gasteiger partial charge in [0.25, 0.3) is 11.5 Å². The summed E-state index contributed by atoms with van der Waals surface area (Å²) >= 11 is 5.82. The Morgan fingerprint density at radius 1 is 1.38 bits per heavy atom. The molecule has 3 rings (SSSR count). The van der Waals surface area contributed by atoms with E-state index in [1.807, 2.05) is 0 Å². The molecule has 2 heterocycles. The fourth-order valence-corrected chi connectivity index (χ4v) is 2.53. The van der Waals surface area contributed by atoms with Crippen LogP contribution in [0.5, 0.6) is 0 Å². The van der Waals surface area contributed by atoms with Gasteiger partial charge in [-0.1, -0.05) is 11.6 Å². The van der Waals surface area contributed by atoms with Gasteiger partial charge in [0.2, 0.25) is 0 Å². The van der Waals surface area contributed by atoms with Crippen LogP contribution in [0.3, 0.4) is 0 Å². The molecule has 2 aromatic rings. The number of aromatic nitrogens is 2. The zero-order valence-electron chi connectivity index (χ0n) is 12.4. The number of rotatable bonds is 3. The number of halogens is 1. The van der Waals surface area contributed by atoms with Crippen molar-refractivity contribution in [1.29, 1.82) is 0 Å². The highest BCUT2D eigenvalue weighted by Crippen LogP contribution is 2.24. The van der Waals surface area contributed by atoms with Gasteiger partial charge in [0.15, 0.2) is 11.9 Å². The Bertz CT molecular complexity index is 891. The van der Waals surface area contributed by atoms with E-state index in [-0.39, 0.29) is 23.4 Å². The molecule has 0 radical (unpaired) electrons. The molecule has 1 amide bonds. The van der Waals surface area contributed by atoms with Crippen LogP contribution in [0.1, 0.15) is 39.6 Å². The Hall–Kier alpha value is -2.71. The SMILES string of the molecule is CCOC(=O)c1nn(-c2ccc(Cl)cc2)c(=O)c2c1C(O)NC2=O. The summed E-state index contributed by atoms with van der Waals surface area (Å²) in [5, 5.41) is 16.5. The molecule has 0 fully saturated rings. The Morgan fingerprint density at radius 2 is 2.04 bits per heavy atom. The maximum Gasteiger partial charge on any atom is 0.359 e. The van der Waals surface area contributed by atoms with E-state index in [0.29, 0.717) is 10.7 Å². The number of aliphatic hydroxyl groups is 1. The number of nitrogens with zero attached hydrogens (tertiary/aromatic N) is 2. The van der Waals surface area contributed by atoms with E-state index in [4.69, 9.17) is 16.3 Å². The second-order valence-corrected chi connectivity index (χ2v) is 5.36. The zero-order chi connectivity index (χ0) is 17.4. The third kappa shape index (κ3) is 2.55. The smallest absolute Gasteiger partial charge is 0.359 e. The zero-order valence-corrected chi connectivity index (χ0v) is 13.2. The lowest BCUT2D eigenvalue weighted by Crippen LogP contribution is -2.31. The number of ether oxygens (including phenoxy) is 1. The van der Waals surface area contributed by atoms with Gasteiger partial charge >= 0.3 is 5.97 Å². The van der Waals surface area contributed by atoms with E-state index in [9.17, 15) is 19.5 Å². The van der Waals surface area contributed by atoms with Crippen LogP contribution in [-0.2, 0) is 4.74 Å². The first-order valence-electron chi connectivity index (χ1n) is 7.03. The Kier molecular flexibility index (Phi) is 4.08. The molecule has 0 spiro atoms. The highest BCUT2D eigenvalue weighted by atomic mass is 35.5. The minimum absolute atomic E-state index is 0.0762. The monoisotopic (exact) mass is 349 g/mol. The molecule has 9 heteroatoms. The lowest BCUT2D eigenvalue weighted by Gasteiger charge is -2.12. The summed E-state index contributed by atoms with van der Waals surface area (Å²) in [6.07, 6.45) is -1.49. The molecule has 8 nitrogen and oxygen atoms in total. The maximum absolute atomic E-state index is 12.6. The topological polar surface area (TPSA) is 111 Å². The molecule has 0 bridgehead atoms. The molecule has 1 aromatic carbocycles. The van der Waals surface area contributed by atoms with Crippen molar-refractivity contribution in [3.05, 3.63) is 56.5 Å². The molecule has 1 aliphatic heterocycles. The highest BCUT2D eigenvalue weighted by Gasteiger charge is 2.37. The molecule has 0 saturated heterocycles. The van der Waals surface area contributed by atoms with Crippen LogP contribution in [0, 0.1) is 0 Å². The van der Waals surface area contributed by atoms with E-state index < -0.39 is 23.7 Å². The highest BCUT2D eigenvalue weighted by molar-refractivity contribution is 6.30. The number of amides is 1. The third-order valence-electron chi connectivity index (χ3n) is 3.44. The molecule has 0 saturated carbocycles. The minimum Gasteiger partial charge on any atom is -0.461 e. The molecule has 1 atom stereocenters. The fourth-order valence-electron chi connectivity index (χ4n) is 2.40. The normalized spacial score (nSPS) is 15.8. The predicted octanol–water partition coefficient (Wildman–Crippen LogP) is 0.797. The molecular formula is C15H12ClN3O5. The predicted molar refractivity (Wildman–Crippen MR) is 83.2 cm³/mol. The molecule has 1 unspecified atom stereocenters. The fraction of sp³-hybridized carbons (Fsp3) is 0.200. The van der Waals surface area contributed by atoms with Crippen molar-refractivity contribution >= 4 is 23.5 Å². The number of nitrogens with one attached hydrogen (secondary N) is 1. The summed E-state index contributed by atoms with van der Waals surface area (Å²) < 4.78 is 5.80. The minimum atomic E-state index is -1.49. The molecule has 24 heavy (non-hydrogen) atoms. The molecule has 1 aliphatic rings. The molecule has 124 valence electrons. The second kappa shape index (κ2) is 6.06.